The van der Waals surface area contributed by atoms with Crippen LogP contribution in [0.25, 0.3) is 11.2 Å². The molecule has 0 unspecified atom stereocenters. The van der Waals surface area contributed by atoms with Gasteiger partial charge in [0.15, 0.2) is 5.65 Å². The van der Waals surface area contributed by atoms with Gasteiger partial charge in [0.2, 0.25) is 0 Å². The normalized spacial score (nSPS) is 17.6. The molecule has 0 aromatic carbocycles. The average Bonchev–Trinajstić information content (AvgIpc) is 2.65. The minimum absolute atomic E-state index is 0.406. The van der Waals surface area contributed by atoms with Crippen LogP contribution in [0.15, 0.2) is 16.7 Å². The van der Waals surface area contributed by atoms with Gasteiger partial charge < -0.3 is 4.57 Å². The van der Waals surface area contributed by atoms with Gasteiger partial charge in [-0.25, -0.2) is 9.97 Å². The summed E-state index contributed by atoms with van der Waals surface area (Å²) in [5.74, 6) is 1.66. The number of pyridine rings is 1. The number of halogens is 2. The SMILES string of the molecule is CC1(Cn2c(CCCl)nc3cc(Br)cnc32)CCC1. The van der Waals surface area contributed by atoms with Gasteiger partial charge in [0.1, 0.15) is 11.3 Å². The van der Waals surface area contributed by atoms with E-state index in [1.807, 2.05) is 12.3 Å². The molecule has 3 nitrogen and oxygen atoms in total. The van der Waals surface area contributed by atoms with E-state index in [1.54, 1.807) is 0 Å². The number of alkyl halides is 1. The van der Waals surface area contributed by atoms with Crippen LogP contribution in [0.2, 0.25) is 0 Å². The van der Waals surface area contributed by atoms with Crippen molar-refractivity contribution in [2.24, 2.45) is 5.41 Å². The summed E-state index contributed by atoms with van der Waals surface area (Å²) in [6.07, 6.45) is 6.57. The van der Waals surface area contributed by atoms with E-state index in [-0.39, 0.29) is 0 Å². The largest absolute Gasteiger partial charge is 0.312 e. The van der Waals surface area contributed by atoms with E-state index >= 15 is 0 Å². The molecule has 0 spiro atoms. The summed E-state index contributed by atoms with van der Waals surface area (Å²) in [6, 6.07) is 2.03. The highest BCUT2D eigenvalue weighted by Crippen LogP contribution is 2.42. The molecule has 5 heteroatoms. The number of nitrogens with zero attached hydrogens (tertiary/aromatic N) is 3. The molecular weight excluding hydrogens is 326 g/mol. The average molecular weight is 343 g/mol. The standard InChI is InChI=1S/C14H17BrClN3/c1-14(4-2-5-14)9-19-12(3-6-16)18-11-7-10(15)8-17-13(11)19/h7-8H,2-6,9H2,1H3. The third kappa shape index (κ3) is 2.52. The molecule has 102 valence electrons. The Labute approximate surface area is 126 Å². The molecule has 0 bridgehead atoms. The Bertz CT molecular complexity index is 604. The van der Waals surface area contributed by atoms with E-state index in [1.165, 1.54) is 19.3 Å². The minimum atomic E-state index is 0.406. The van der Waals surface area contributed by atoms with Gasteiger partial charge in [0.05, 0.1) is 0 Å². The van der Waals surface area contributed by atoms with Crippen LogP contribution in [0.3, 0.4) is 0 Å². The van der Waals surface area contributed by atoms with Crippen molar-refractivity contribution >= 4 is 38.7 Å². The van der Waals surface area contributed by atoms with Crippen LogP contribution in [0.5, 0.6) is 0 Å². The van der Waals surface area contributed by atoms with Crippen molar-refractivity contribution in [2.45, 2.75) is 39.2 Å². The first kappa shape index (κ1) is 13.4. The third-order valence-corrected chi connectivity index (χ3v) is 4.67. The van der Waals surface area contributed by atoms with Gasteiger partial charge in [-0.3, -0.25) is 0 Å². The quantitative estimate of drug-likeness (QED) is 0.781. The van der Waals surface area contributed by atoms with Crippen molar-refractivity contribution in [2.75, 3.05) is 5.88 Å². The predicted molar refractivity (Wildman–Crippen MR) is 81.6 cm³/mol. The molecule has 1 aliphatic carbocycles. The van der Waals surface area contributed by atoms with E-state index in [0.29, 0.717) is 11.3 Å². The maximum atomic E-state index is 5.90. The number of aryl methyl sites for hydroxylation is 1. The molecule has 1 aliphatic rings. The second-order valence-electron chi connectivity index (χ2n) is 5.71. The van der Waals surface area contributed by atoms with Gasteiger partial charge in [0.25, 0.3) is 0 Å². The summed E-state index contributed by atoms with van der Waals surface area (Å²) >= 11 is 9.36. The molecule has 0 amide bonds. The lowest BCUT2D eigenvalue weighted by atomic mass is 9.70. The van der Waals surface area contributed by atoms with Crippen LogP contribution in [-0.2, 0) is 13.0 Å². The second kappa shape index (κ2) is 5.06. The highest BCUT2D eigenvalue weighted by molar-refractivity contribution is 9.10. The number of aromatic nitrogens is 3. The number of hydrogen-bond acceptors (Lipinski definition) is 2. The fourth-order valence-corrected chi connectivity index (χ4v) is 3.28. The Balaban J connectivity index is 2.05. The lowest BCUT2D eigenvalue weighted by molar-refractivity contribution is 0.132. The van der Waals surface area contributed by atoms with Crippen molar-refractivity contribution in [1.82, 2.24) is 14.5 Å². The summed E-state index contributed by atoms with van der Waals surface area (Å²) in [4.78, 5) is 9.23. The van der Waals surface area contributed by atoms with Crippen molar-refractivity contribution in [1.29, 1.82) is 0 Å². The molecule has 2 aromatic rings. The van der Waals surface area contributed by atoms with E-state index in [4.69, 9.17) is 16.6 Å². The Morgan fingerprint density at radius 2 is 2.26 bits per heavy atom. The van der Waals surface area contributed by atoms with Crippen molar-refractivity contribution in [3.05, 3.63) is 22.6 Å². The van der Waals surface area contributed by atoms with Gasteiger partial charge in [-0.05, 0) is 40.3 Å². The summed E-state index contributed by atoms with van der Waals surface area (Å²) in [5, 5.41) is 0. The maximum Gasteiger partial charge on any atom is 0.160 e. The molecule has 0 atom stereocenters. The molecule has 2 heterocycles. The zero-order valence-corrected chi connectivity index (χ0v) is 13.3. The van der Waals surface area contributed by atoms with Crippen LogP contribution in [0.4, 0.5) is 0 Å². The molecule has 19 heavy (non-hydrogen) atoms. The second-order valence-corrected chi connectivity index (χ2v) is 7.01. The van der Waals surface area contributed by atoms with Crippen molar-refractivity contribution < 1.29 is 0 Å². The van der Waals surface area contributed by atoms with Crippen molar-refractivity contribution in [3.63, 3.8) is 0 Å². The summed E-state index contributed by atoms with van der Waals surface area (Å²) in [5.41, 5.74) is 2.34. The van der Waals surface area contributed by atoms with E-state index < -0.39 is 0 Å². The summed E-state index contributed by atoms with van der Waals surface area (Å²) in [6.45, 7) is 3.36. The zero-order valence-electron chi connectivity index (χ0n) is 11.0. The first-order valence-electron chi connectivity index (χ1n) is 6.68. The zero-order chi connectivity index (χ0) is 13.5. The van der Waals surface area contributed by atoms with Crippen molar-refractivity contribution in [3.8, 4) is 0 Å². The third-order valence-electron chi connectivity index (χ3n) is 4.05. The van der Waals surface area contributed by atoms with Gasteiger partial charge in [-0.15, -0.1) is 11.6 Å². The predicted octanol–water partition coefficient (Wildman–Crippen LogP) is 4.17. The van der Waals surface area contributed by atoms with Crippen LogP contribution in [0, 0.1) is 5.41 Å². The Hall–Kier alpha value is -0.610. The van der Waals surface area contributed by atoms with Gasteiger partial charge in [-0.1, -0.05) is 13.3 Å². The molecule has 0 radical (unpaired) electrons. The van der Waals surface area contributed by atoms with Gasteiger partial charge in [-0.2, -0.15) is 0 Å². The number of rotatable bonds is 4. The van der Waals surface area contributed by atoms with Crippen LogP contribution in [-0.4, -0.2) is 20.4 Å². The fraction of sp³-hybridized carbons (Fsp3) is 0.571. The summed E-state index contributed by atoms with van der Waals surface area (Å²) in [7, 11) is 0. The maximum absolute atomic E-state index is 5.90. The number of hydrogen-bond donors (Lipinski definition) is 0. The molecule has 1 saturated carbocycles. The molecular formula is C14H17BrClN3. The summed E-state index contributed by atoms with van der Waals surface area (Å²) < 4.78 is 3.24. The molecule has 0 N–H and O–H groups in total. The monoisotopic (exact) mass is 341 g/mol. The molecule has 2 aromatic heterocycles. The fourth-order valence-electron chi connectivity index (χ4n) is 2.79. The Morgan fingerprint density at radius 1 is 1.47 bits per heavy atom. The van der Waals surface area contributed by atoms with Crippen LogP contribution >= 0.6 is 27.5 Å². The highest BCUT2D eigenvalue weighted by atomic mass is 79.9. The van der Waals surface area contributed by atoms with E-state index in [9.17, 15) is 0 Å². The number of imidazole rings is 1. The molecule has 1 fully saturated rings. The van der Waals surface area contributed by atoms with Gasteiger partial charge >= 0.3 is 0 Å². The lowest BCUT2D eigenvalue weighted by Crippen LogP contribution is -2.31. The number of fused-ring (bicyclic) bond motifs is 1. The van der Waals surface area contributed by atoms with E-state index in [0.717, 1.165) is 34.4 Å². The molecule has 0 aliphatic heterocycles. The van der Waals surface area contributed by atoms with E-state index in [2.05, 4.69) is 32.4 Å². The smallest absolute Gasteiger partial charge is 0.160 e. The molecule has 3 rings (SSSR count). The minimum Gasteiger partial charge on any atom is -0.312 e. The molecule has 0 saturated heterocycles. The Kier molecular flexibility index (Phi) is 3.56. The topological polar surface area (TPSA) is 30.7 Å². The highest BCUT2D eigenvalue weighted by Gasteiger charge is 2.33. The first-order valence-corrected chi connectivity index (χ1v) is 8.01. The van der Waals surface area contributed by atoms with Gasteiger partial charge in [0, 0.05) is 29.5 Å². The Morgan fingerprint density at radius 3 is 2.89 bits per heavy atom. The first-order chi connectivity index (χ1) is 9.11. The van der Waals surface area contributed by atoms with Crippen LogP contribution < -0.4 is 0 Å². The lowest BCUT2D eigenvalue weighted by Gasteiger charge is -2.39. The van der Waals surface area contributed by atoms with Crippen LogP contribution in [0.1, 0.15) is 32.0 Å².